The molecule has 0 heterocycles. The van der Waals surface area contributed by atoms with E-state index in [1.54, 1.807) is 28.4 Å². The summed E-state index contributed by atoms with van der Waals surface area (Å²) in [7, 11) is 3.58. The second-order valence-electron chi connectivity index (χ2n) is 3.24. The molecule has 0 saturated heterocycles. The number of rotatable bonds is 7. The van der Waals surface area contributed by atoms with Gasteiger partial charge in [-0.3, -0.25) is 0 Å². The lowest BCUT2D eigenvalue weighted by atomic mass is 10.3. The normalized spacial score (nSPS) is 11.5. The Morgan fingerprint density at radius 1 is 0.882 bits per heavy atom. The molecule has 5 nitrogen and oxygen atoms in total. The Kier molecular flexibility index (Phi) is 5.59. The van der Waals surface area contributed by atoms with Crippen molar-refractivity contribution in [2.24, 2.45) is 0 Å². The first-order valence-corrected chi connectivity index (χ1v) is 6.82. The summed E-state index contributed by atoms with van der Waals surface area (Å²) in [6, 6.07) is 7.39. The molecule has 0 amide bonds. The van der Waals surface area contributed by atoms with E-state index in [0.29, 0.717) is 0 Å². The van der Waals surface area contributed by atoms with Crippen molar-refractivity contribution in [1.29, 1.82) is 0 Å². The van der Waals surface area contributed by atoms with E-state index in [1.807, 2.05) is 24.3 Å². The number of ether oxygens (including phenoxy) is 2. The van der Waals surface area contributed by atoms with Crippen LogP contribution >= 0.6 is 0 Å². The van der Waals surface area contributed by atoms with Gasteiger partial charge in [-0.1, -0.05) is 12.1 Å². The number of benzene rings is 1. The topological polar surface area (TPSA) is 46.2 Å². The molecule has 0 aliphatic heterocycles. The highest BCUT2D eigenvalue weighted by Gasteiger charge is 2.40. The molecule has 96 valence electrons. The molecule has 0 radical (unpaired) electrons. The van der Waals surface area contributed by atoms with E-state index in [9.17, 15) is 0 Å². The Morgan fingerprint density at radius 2 is 1.41 bits per heavy atom. The van der Waals surface area contributed by atoms with Crippen LogP contribution in [0, 0.1) is 0 Å². The Bertz CT molecular complexity index is 315. The van der Waals surface area contributed by atoms with E-state index in [1.165, 1.54) is 0 Å². The van der Waals surface area contributed by atoms with Crippen molar-refractivity contribution in [1.82, 2.24) is 0 Å². The maximum absolute atomic E-state index is 5.37. The zero-order chi connectivity index (χ0) is 12.7. The summed E-state index contributed by atoms with van der Waals surface area (Å²) >= 11 is 0. The lowest BCUT2D eigenvalue weighted by Gasteiger charge is -2.24. The van der Waals surface area contributed by atoms with Crippen molar-refractivity contribution in [3.05, 3.63) is 24.3 Å². The van der Waals surface area contributed by atoms with Crippen LogP contribution in [0.25, 0.3) is 0 Å². The van der Waals surface area contributed by atoms with Gasteiger partial charge >= 0.3 is 8.80 Å². The Morgan fingerprint density at radius 3 is 1.82 bits per heavy atom. The molecule has 0 spiro atoms. The quantitative estimate of drug-likeness (QED) is 0.533. The first-order chi connectivity index (χ1) is 8.22. The van der Waals surface area contributed by atoms with Crippen molar-refractivity contribution in [2.75, 3.05) is 35.2 Å². The van der Waals surface area contributed by atoms with Crippen LogP contribution < -0.4 is 9.92 Å². The van der Waals surface area contributed by atoms with Gasteiger partial charge in [0.2, 0.25) is 0 Å². The minimum absolute atomic E-state index is 0.223. The van der Waals surface area contributed by atoms with Crippen molar-refractivity contribution in [2.45, 2.75) is 0 Å². The van der Waals surface area contributed by atoms with Crippen molar-refractivity contribution < 1.29 is 22.8 Å². The first-order valence-electron chi connectivity index (χ1n) is 5.10. The van der Waals surface area contributed by atoms with Crippen molar-refractivity contribution >= 4 is 14.0 Å². The predicted molar refractivity (Wildman–Crippen MR) is 65.4 cm³/mol. The van der Waals surface area contributed by atoms with Gasteiger partial charge in [0.15, 0.2) is 6.79 Å². The summed E-state index contributed by atoms with van der Waals surface area (Å²) in [5.74, 6) is 0.724. The summed E-state index contributed by atoms with van der Waals surface area (Å²) in [6.07, 6.45) is 0. The minimum Gasteiger partial charge on any atom is -0.468 e. The van der Waals surface area contributed by atoms with Crippen LogP contribution in [0.1, 0.15) is 0 Å². The second-order valence-corrected chi connectivity index (χ2v) is 6.16. The Balaban J connectivity index is 2.84. The summed E-state index contributed by atoms with van der Waals surface area (Å²) in [4.78, 5) is 0. The van der Waals surface area contributed by atoms with Crippen LogP contribution in [0.2, 0.25) is 0 Å². The molecule has 1 rings (SSSR count). The molecule has 0 aliphatic rings. The fourth-order valence-corrected chi connectivity index (χ4v) is 3.27. The van der Waals surface area contributed by atoms with Gasteiger partial charge in [0.1, 0.15) is 5.75 Å². The highest BCUT2D eigenvalue weighted by Crippen LogP contribution is 2.12. The molecule has 17 heavy (non-hydrogen) atoms. The highest BCUT2D eigenvalue weighted by molar-refractivity contribution is 6.75. The van der Waals surface area contributed by atoms with E-state index >= 15 is 0 Å². The van der Waals surface area contributed by atoms with Gasteiger partial charge in [0.05, 0.1) is 0 Å². The molecular formula is C11H18O5Si. The maximum atomic E-state index is 5.37. The van der Waals surface area contributed by atoms with Gasteiger partial charge in [-0.05, 0) is 12.1 Å². The van der Waals surface area contributed by atoms with Gasteiger partial charge in [0.25, 0.3) is 0 Å². The third kappa shape index (κ3) is 3.27. The molecule has 0 atom stereocenters. The van der Waals surface area contributed by atoms with Gasteiger partial charge in [-0.25, -0.2) is 0 Å². The molecule has 0 bridgehead atoms. The minimum atomic E-state index is -2.73. The summed E-state index contributed by atoms with van der Waals surface area (Å²) in [5.41, 5.74) is 0. The van der Waals surface area contributed by atoms with E-state index in [2.05, 4.69) is 0 Å². The molecule has 0 saturated carbocycles. The molecule has 0 N–H and O–H groups in total. The highest BCUT2D eigenvalue weighted by atomic mass is 28.4. The number of hydrogen-bond acceptors (Lipinski definition) is 5. The Hall–Kier alpha value is -0.923. The van der Waals surface area contributed by atoms with E-state index < -0.39 is 8.80 Å². The zero-order valence-electron chi connectivity index (χ0n) is 10.6. The summed E-state index contributed by atoms with van der Waals surface area (Å²) in [5, 5.41) is 0.884. The SMILES string of the molecule is COCOc1ccc([Si](OC)(OC)OC)cc1. The lowest BCUT2D eigenvalue weighted by molar-refractivity contribution is 0.0511. The van der Waals surface area contributed by atoms with Gasteiger partial charge in [0, 0.05) is 33.6 Å². The number of hydrogen-bond donors (Lipinski definition) is 0. The largest absolute Gasteiger partial charge is 0.536 e. The van der Waals surface area contributed by atoms with E-state index in [0.717, 1.165) is 10.9 Å². The van der Waals surface area contributed by atoms with E-state index in [4.69, 9.17) is 22.8 Å². The second kappa shape index (κ2) is 6.73. The maximum Gasteiger partial charge on any atom is 0.536 e. The monoisotopic (exact) mass is 258 g/mol. The average molecular weight is 258 g/mol. The van der Waals surface area contributed by atoms with Crippen LogP contribution in [-0.4, -0.2) is 44.0 Å². The van der Waals surface area contributed by atoms with Crippen molar-refractivity contribution in [3.8, 4) is 5.75 Å². The first kappa shape index (κ1) is 14.1. The third-order valence-corrected chi connectivity index (χ3v) is 5.01. The lowest BCUT2D eigenvalue weighted by Crippen LogP contribution is -2.54. The van der Waals surface area contributed by atoms with Gasteiger partial charge < -0.3 is 22.8 Å². The summed E-state index contributed by atoms with van der Waals surface area (Å²) < 4.78 is 26.2. The van der Waals surface area contributed by atoms with Crippen LogP contribution in [0.15, 0.2) is 24.3 Å². The van der Waals surface area contributed by atoms with Crippen LogP contribution in [0.5, 0.6) is 5.75 Å². The smallest absolute Gasteiger partial charge is 0.468 e. The fraction of sp³-hybridized carbons (Fsp3) is 0.455. The molecule has 0 unspecified atom stereocenters. The standard InChI is InChI=1S/C11H18O5Si/c1-12-9-16-10-5-7-11(8-6-10)17(13-2,14-3)15-4/h5-8H,9H2,1-4H3. The fourth-order valence-electron chi connectivity index (χ4n) is 1.49. The molecule has 0 fully saturated rings. The van der Waals surface area contributed by atoms with Crippen molar-refractivity contribution in [3.63, 3.8) is 0 Å². The molecular weight excluding hydrogens is 240 g/mol. The molecule has 1 aromatic rings. The molecule has 1 aromatic carbocycles. The van der Waals surface area contributed by atoms with E-state index in [-0.39, 0.29) is 6.79 Å². The van der Waals surface area contributed by atoms with Gasteiger partial charge in [-0.15, -0.1) is 0 Å². The summed E-state index contributed by atoms with van der Waals surface area (Å²) in [6.45, 7) is 0.223. The molecule has 6 heteroatoms. The van der Waals surface area contributed by atoms with Crippen LogP contribution in [-0.2, 0) is 18.0 Å². The number of methoxy groups -OCH3 is 1. The molecule has 0 aromatic heterocycles. The average Bonchev–Trinajstić information content (AvgIpc) is 2.40. The Labute approximate surface area is 103 Å². The third-order valence-electron chi connectivity index (χ3n) is 2.36. The molecule has 0 aliphatic carbocycles. The van der Waals surface area contributed by atoms with Crippen LogP contribution in [0.4, 0.5) is 0 Å². The van der Waals surface area contributed by atoms with Crippen LogP contribution in [0.3, 0.4) is 0 Å². The zero-order valence-corrected chi connectivity index (χ0v) is 11.6. The van der Waals surface area contributed by atoms with Gasteiger partial charge in [-0.2, -0.15) is 0 Å². The predicted octanol–water partition coefficient (Wildman–Crippen LogP) is 0.754.